The van der Waals surface area contributed by atoms with Gasteiger partial charge in [-0.25, -0.2) is 9.37 Å². The maximum absolute atomic E-state index is 12.8. The normalized spacial score (nSPS) is 9.73. The Balaban J connectivity index is 2.93. The van der Waals surface area contributed by atoms with Gasteiger partial charge in [-0.05, 0) is 29.5 Å². The first-order chi connectivity index (χ1) is 5.24. The zero-order valence-corrected chi connectivity index (χ0v) is 8.13. The smallest absolute Gasteiger partial charge is 0.183 e. The predicted molar refractivity (Wildman–Crippen MR) is 48.1 cm³/mol. The van der Waals surface area contributed by atoms with Crippen molar-refractivity contribution in [3.8, 4) is 5.75 Å². The number of pyridine rings is 1. The molecule has 0 aromatic carbocycles. The van der Waals surface area contributed by atoms with Crippen LogP contribution in [0.5, 0.6) is 5.75 Å². The number of aromatic nitrogens is 1. The molecular weight excluding hydrogens is 260 g/mol. The first-order valence-corrected chi connectivity index (χ1v) is 4.25. The minimum atomic E-state index is -0.410. The van der Waals surface area contributed by atoms with Crippen LogP contribution in [0.2, 0.25) is 0 Å². The van der Waals surface area contributed by atoms with Gasteiger partial charge in [-0.3, -0.25) is 0 Å². The summed E-state index contributed by atoms with van der Waals surface area (Å²) in [5.74, 6) is -0.140. The lowest BCUT2D eigenvalue weighted by Crippen LogP contribution is -1.96. The monoisotopic (exact) mass is 267 g/mol. The van der Waals surface area contributed by atoms with Crippen LogP contribution in [-0.4, -0.2) is 11.6 Å². The Morgan fingerprint density at radius 1 is 1.73 bits per heavy atom. The van der Waals surface area contributed by atoms with Gasteiger partial charge in [0, 0.05) is 6.07 Å². The molecule has 0 fully saturated rings. The van der Waals surface area contributed by atoms with Crippen LogP contribution in [0.3, 0.4) is 0 Å². The first kappa shape index (κ1) is 8.70. The highest BCUT2D eigenvalue weighted by Gasteiger charge is 2.02. The summed E-state index contributed by atoms with van der Waals surface area (Å²) in [6.45, 7) is 2.28. The van der Waals surface area contributed by atoms with Crippen LogP contribution in [0.15, 0.2) is 12.3 Å². The molecule has 0 atom stereocenters. The molecule has 11 heavy (non-hydrogen) atoms. The number of hydrogen-bond acceptors (Lipinski definition) is 2. The van der Waals surface area contributed by atoms with Gasteiger partial charge < -0.3 is 4.74 Å². The summed E-state index contributed by atoms with van der Waals surface area (Å²) in [6.07, 6.45) is 1.16. The third-order valence-electron chi connectivity index (χ3n) is 1.09. The number of rotatable bonds is 2. The zero-order valence-electron chi connectivity index (χ0n) is 5.97. The molecule has 0 aliphatic heterocycles. The predicted octanol–water partition coefficient (Wildman–Crippen LogP) is 2.22. The fourth-order valence-corrected chi connectivity index (χ4v) is 1.08. The lowest BCUT2D eigenvalue weighted by Gasteiger charge is -2.02. The molecule has 60 valence electrons. The standard InChI is InChI=1S/C7H7FINO/c1-2-11-6-3-7(9)10-4-5(6)8/h3-4H,2H2,1H3. The first-order valence-electron chi connectivity index (χ1n) is 3.18. The van der Waals surface area contributed by atoms with Crippen molar-refractivity contribution >= 4 is 22.6 Å². The molecule has 0 saturated heterocycles. The Morgan fingerprint density at radius 2 is 2.45 bits per heavy atom. The van der Waals surface area contributed by atoms with E-state index in [1.54, 1.807) is 6.07 Å². The van der Waals surface area contributed by atoms with E-state index in [-0.39, 0.29) is 5.75 Å². The third-order valence-corrected chi connectivity index (χ3v) is 1.68. The Kier molecular flexibility index (Phi) is 3.04. The van der Waals surface area contributed by atoms with E-state index in [0.29, 0.717) is 6.61 Å². The fraction of sp³-hybridized carbons (Fsp3) is 0.286. The molecule has 0 aliphatic carbocycles. The second-order valence-electron chi connectivity index (χ2n) is 1.87. The van der Waals surface area contributed by atoms with E-state index in [2.05, 4.69) is 4.98 Å². The van der Waals surface area contributed by atoms with Gasteiger partial charge in [0.1, 0.15) is 3.70 Å². The topological polar surface area (TPSA) is 22.1 Å². The van der Waals surface area contributed by atoms with Crippen LogP contribution in [-0.2, 0) is 0 Å². The second-order valence-corrected chi connectivity index (χ2v) is 2.98. The number of nitrogens with zero attached hydrogens (tertiary/aromatic N) is 1. The molecule has 2 nitrogen and oxygen atoms in total. The SMILES string of the molecule is CCOc1cc(I)ncc1F. The van der Waals surface area contributed by atoms with Crippen molar-refractivity contribution in [1.82, 2.24) is 4.98 Å². The summed E-state index contributed by atoms with van der Waals surface area (Å²) in [5, 5.41) is 0. The molecule has 1 heterocycles. The largest absolute Gasteiger partial charge is 0.491 e. The molecule has 0 unspecified atom stereocenters. The minimum Gasteiger partial charge on any atom is -0.491 e. The van der Waals surface area contributed by atoms with E-state index in [0.717, 1.165) is 9.90 Å². The third kappa shape index (κ3) is 2.28. The van der Waals surface area contributed by atoms with E-state index < -0.39 is 5.82 Å². The maximum Gasteiger partial charge on any atom is 0.183 e. The van der Waals surface area contributed by atoms with E-state index in [1.807, 2.05) is 29.5 Å². The quantitative estimate of drug-likeness (QED) is 0.605. The molecule has 0 bridgehead atoms. The van der Waals surface area contributed by atoms with Gasteiger partial charge in [-0.2, -0.15) is 0 Å². The summed E-state index contributed by atoms with van der Waals surface area (Å²) in [4.78, 5) is 3.75. The van der Waals surface area contributed by atoms with Gasteiger partial charge in [0.2, 0.25) is 0 Å². The van der Waals surface area contributed by atoms with Crippen molar-refractivity contribution in [2.45, 2.75) is 6.92 Å². The minimum absolute atomic E-state index is 0.270. The molecule has 0 aliphatic rings. The van der Waals surface area contributed by atoms with E-state index >= 15 is 0 Å². The van der Waals surface area contributed by atoms with Crippen molar-refractivity contribution in [2.24, 2.45) is 0 Å². The second kappa shape index (κ2) is 3.85. The highest BCUT2D eigenvalue weighted by Crippen LogP contribution is 2.17. The van der Waals surface area contributed by atoms with Crippen LogP contribution >= 0.6 is 22.6 Å². The summed E-state index contributed by atoms with van der Waals surface area (Å²) in [6, 6.07) is 1.57. The van der Waals surface area contributed by atoms with Gasteiger partial charge in [-0.15, -0.1) is 0 Å². The molecule has 1 aromatic rings. The van der Waals surface area contributed by atoms with Crippen LogP contribution < -0.4 is 4.74 Å². The van der Waals surface area contributed by atoms with Gasteiger partial charge in [0.05, 0.1) is 12.8 Å². The number of ether oxygens (including phenoxy) is 1. The number of halogens is 2. The lowest BCUT2D eigenvalue weighted by atomic mass is 10.4. The molecule has 0 radical (unpaired) electrons. The number of hydrogen-bond donors (Lipinski definition) is 0. The Labute approximate surface area is 77.9 Å². The average Bonchev–Trinajstić information content (AvgIpc) is 1.98. The molecular formula is C7H7FINO. The van der Waals surface area contributed by atoms with Gasteiger partial charge in [0.15, 0.2) is 11.6 Å². The van der Waals surface area contributed by atoms with Crippen molar-refractivity contribution in [3.05, 3.63) is 21.8 Å². The molecule has 4 heteroatoms. The maximum atomic E-state index is 12.8. The van der Waals surface area contributed by atoms with Crippen LogP contribution in [0, 0.1) is 9.52 Å². The molecule has 1 rings (SSSR count). The Hall–Kier alpha value is -0.390. The molecule has 0 saturated carbocycles. The van der Waals surface area contributed by atoms with Gasteiger partial charge in [0.25, 0.3) is 0 Å². The van der Waals surface area contributed by atoms with Crippen LogP contribution in [0.4, 0.5) is 4.39 Å². The van der Waals surface area contributed by atoms with E-state index in [9.17, 15) is 4.39 Å². The van der Waals surface area contributed by atoms with Crippen molar-refractivity contribution in [2.75, 3.05) is 6.61 Å². The molecule has 0 spiro atoms. The van der Waals surface area contributed by atoms with Crippen LogP contribution in [0.25, 0.3) is 0 Å². The summed E-state index contributed by atoms with van der Waals surface area (Å²) in [5.41, 5.74) is 0. The summed E-state index contributed by atoms with van der Waals surface area (Å²) < 4.78 is 18.5. The summed E-state index contributed by atoms with van der Waals surface area (Å²) >= 11 is 2.00. The summed E-state index contributed by atoms with van der Waals surface area (Å²) in [7, 11) is 0. The highest BCUT2D eigenvalue weighted by atomic mass is 127. The molecule has 0 amide bonds. The van der Waals surface area contributed by atoms with Crippen molar-refractivity contribution < 1.29 is 9.13 Å². The molecule has 0 N–H and O–H groups in total. The van der Waals surface area contributed by atoms with Crippen molar-refractivity contribution in [3.63, 3.8) is 0 Å². The average molecular weight is 267 g/mol. The van der Waals surface area contributed by atoms with E-state index in [1.165, 1.54) is 0 Å². The fourth-order valence-electron chi connectivity index (χ4n) is 0.662. The highest BCUT2D eigenvalue weighted by molar-refractivity contribution is 14.1. The van der Waals surface area contributed by atoms with Crippen LogP contribution in [0.1, 0.15) is 6.92 Å². The van der Waals surface area contributed by atoms with E-state index in [4.69, 9.17) is 4.74 Å². The lowest BCUT2D eigenvalue weighted by molar-refractivity contribution is 0.320. The zero-order chi connectivity index (χ0) is 8.27. The van der Waals surface area contributed by atoms with Crippen molar-refractivity contribution in [1.29, 1.82) is 0 Å². The van der Waals surface area contributed by atoms with Gasteiger partial charge in [-0.1, -0.05) is 0 Å². The van der Waals surface area contributed by atoms with Gasteiger partial charge >= 0.3 is 0 Å². The Morgan fingerprint density at radius 3 is 3.09 bits per heavy atom. The Bertz CT molecular complexity index is 254. The molecule has 1 aromatic heterocycles.